The zero-order valence-corrected chi connectivity index (χ0v) is 26.6. The molecule has 2 fully saturated rings. The molecule has 2 N–H and O–H groups in total. The molecule has 3 aromatic rings. The fraction of sp³-hybridized carbons (Fsp3) is 0.394. The average molecular weight is 674 g/mol. The Morgan fingerprint density at radius 2 is 1.76 bits per heavy atom. The van der Waals surface area contributed by atoms with Gasteiger partial charge >= 0.3 is 23.5 Å². The summed E-state index contributed by atoms with van der Waals surface area (Å²) in [6.45, 7) is 1.13. The molecule has 49 heavy (non-hydrogen) atoms. The Kier molecular flexibility index (Phi) is 11.2. The molecule has 1 aromatic heterocycles. The van der Waals surface area contributed by atoms with Crippen LogP contribution in [0.25, 0.3) is 10.4 Å². The van der Waals surface area contributed by atoms with Gasteiger partial charge in [0.15, 0.2) is 0 Å². The molecule has 256 valence electrons. The van der Waals surface area contributed by atoms with Crippen LogP contribution in [0.3, 0.4) is 0 Å². The van der Waals surface area contributed by atoms with E-state index in [0.29, 0.717) is 6.42 Å². The van der Waals surface area contributed by atoms with Gasteiger partial charge in [-0.05, 0) is 36.4 Å². The second-order valence-electron chi connectivity index (χ2n) is 11.7. The summed E-state index contributed by atoms with van der Waals surface area (Å²) in [7, 11) is 0. The van der Waals surface area contributed by atoms with E-state index >= 15 is 0 Å². The third-order valence-corrected chi connectivity index (χ3v) is 8.34. The number of ether oxygens (including phenoxy) is 3. The third kappa shape index (κ3) is 8.60. The Bertz CT molecular complexity index is 1840. The predicted molar refractivity (Wildman–Crippen MR) is 172 cm³/mol. The van der Waals surface area contributed by atoms with E-state index in [1.807, 2.05) is 60.7 Å². The maximum atomic E-state index is 13.5. The number of aryl methyl sites for hydroxylation is 1. The van der Waals surface area contributed by atoms with Gasteiger partial charge in [0.2, 0.25) is 5.91 Å². The molecule has 0 radical (unpaired) electrons. The van der Waals surface area contributed by atoms with Crippen molar-refractivity contribution in [3.05, 3.63) is 115 Å². The Morgan fingerprint density at radius 3 is 2.45 bits per heavy atom. The molecule has 0 spiro atoms. The Hall–Kier alpha value is -5.73. The number of H-pyrrole nitrogens is 1. The van der Waals surface area contributed by atoms with Gasteiger partial charge in [-0.15, -0.1) is 0 Å². The van der Waals surface area contributed by atoms with Gasteiger partial charge in [-0.25, -0.2) is 14.4 Å². The van der Waals surface area contributed by atoms with Crippen molar-refractivity contribution >= 4 is 23.8 Å². The number of hydrogen-bond acceptors (Lipinski definition) is 10. The summed E-state index contributed by atoms with van der Waals surface area (Å²) in [6.07, 6.45) is 0.228. The molecule has 16 nitrogen and oxygen atoms in total. The van der Waals surface area contributed by atoms with Crippen molar-refractivity contribution in [1.82, 2.24) is 19.8 Å². The van der Waals surface area contributed by atoms with Crippen molar-refractivity contribution in [2.75, 3.05) is 13.2 Å². The maximum absolute atomic E-state index is 13.5. The molecule has 5 atom stereocenters. The standard InChI is InChI=1S/C33H35N7O9/c1-20-17-40(33(46)36-28(20)41)27-16-23(37-38-34)26(49-27)19-48-32(45)30(43)39-14-8-13-25(39)29(42)35-24(15-21-9-4-2-5-10-21)31(44)47-18-22-11-6-3-7-12-22/h2-7,9-12,17,23-27H,8,13-16,18-19H2,1H3,(H,35,42)(H,36,41,46)/t23-,24+,25?,26+,27+/m0/s1. The van der Waals surface area contributed by atoms with Crippen LogP contribution in [-0.2, 0) is 46.4 Å². The maximum Gasteiger partial charge on any atom is 0.397 e. The van der Waals surface area contributed by atoms with Crippen LogP contribution in [-0.4, -0.2) is 75.6 Å². The summed E-state index contributed by atoms with van der Waals surface area (Å²) >= 11 is 0. The largest absolute Gasteiger partial charge is 0.459 e. The number of nitrogens with zero attached hydrogens (tertiary/aromatic N) is 5. The molecule has 2 aliphatic rings. The monoisotopic (exact) mass is 673 g/mol. The molecule has 2 aromatic carbocycles. The minimum atomic E-state index is -1.26. The first kappa shape index (κ1) is 34.6. The SMILES string of the molecule is Cc1cn([C@H]2C[C@H](N=[N+]=[N-])[C@@H](COC(=O)C(=O)N3CCCC3C(=O)N[C@H](Cc3ccccc3)C(=O)OCc3ccccc3)O2)c(=O)[nH]c1=O. The summed E-state index contributed by atoms with van der Waals surface area (Å²) in [6, 6.07) is 15.2. The second kappa shape index (κ2) is 15.9. The number of amides is 2. The van der Waals surface area contributed by atoms with E-state index < -0.39 is 72.1 Å². The number of azide groups is 1. The third-order valence-electron chi connectivity index (χ3n) is 8.34. The lowest BCUT2D eigenvalue weighted by molar-refractivity contribution is -0.164. The fourth-order valence-electron chi connectivity index (χ4n) is 5.78. The summed E-state index contributed by atoms with van der Waals surface area (Å²) in [5.74, 6) is -3.60. The molecule has 3 heterocycles. The minimum Gasteiger partial charge on any atom is -0.459 e. The van der Waals surface area contributed by atoms with Crippen molar-refractivity contribution in [3.63, 3.8) is 0 Å². The number of benzene rings is 2. The number of aromatic amines is 1. The highest BCUT2D eigenvalue weighted by molar-refractivity contribution is 6.32. The van der Waals surface area contributed by atoms with Crippen molar-refractivity contribution in [2.24, 2.45) is 5.11 Å². The molecule has 2 aliphatic heterocycles. The van der Waals surface area contributed by atoms with Crippen LogP contribution in [0, 0.1) is 6.92 Å². The molecule has 1 unspecified atom stereocenters. The van der Waals surface area contributed by atoms with E-state index in [0.717, 1.165) is 20.6 Å². The second-order valence-corrected chi connectivity index (χ2v) is 11.7. The van der Waals surface area contributed by atoms with Crippen LogP contribution in [0.15, 0.2) is 81.6 Å². The van der Waals surface area contributed by atoms with E-state index in [1.54, 1.807) is 0 Å². The van der Waals surface area contributed by atoms with Crippen molar-refractivity contribution in [2.45, 2.75) is 69.7 Å². The number of nitrogens with one attached hydrogen (secondary N) is 2. The summed E-state index contributed by atoms with van der Waals surface area (Å²) in [5, 5.41) is 6.40. The van der Waals surface area contributed by atoms with Gasteiger partial charge in [-0.3, -0.25) is 23.9 Å². The number of rotatable bonds is 11. The number of esters is 2. The average Bonchev–Trinajstić information content (AvgIpc) is 3.76. The lowest BCUT2D eigenvalue weighted by atomic mass is 10.1. The van der Waals surface area contributed by atoms with E-state index in [2.05, 4.69) is 20.3 Å². The molecule has 0 aliphatic carbocycles. The predicted octanol–water partition coefficient (Wildman–Crippen LogP) is 1.82. The normalized spacial score (nSPS) is 20.6. The van der Waals surface area contributed by atoms with Crippen LogP contribution in [0.5, 0.6) is 0 Å². The Morgan fingerprint density at radius 1 is 1.06 bits per heavy atom. The number of carbonyl (C=O) groups is 4. The topological polar surface area (TPSA) is 215 Å². The highest BCUT2D eigenvalue weighted by Gasteiger charge is 2.41. The Labute approximate surface area is 279 Å². The zero-order valence-electron chi connectivity index (χ0n) is 26.6. The van der Waals surface area contributed by atoms with E-state index in [-0.39, 0.29) is 38.0 Å². The van der Waals surface area contributed by atoms with E-state index in [9.17, 15) is 28.8 Å². The number of aromatic nitrogens is 2. The molecule has 5 rings (SSSR count). The lowest BCUT2D eigenvalue weighted by Gasteiger charge is -2.26. The Balaban J connectivity index is 1.21. The van der Waals surface area contributed by atoms with Crippen LogP contribution in [0.4, 0.5) is 0 Å². The van der Waals surface area contributed by atoms with Crippen molar-refractivity contribution in [1.29, 1.82) is 0 Å². The number of hydrogen-bond donors (Lipinski definition) is 2. The number of carbonyl (C=O) groups excluding carboxylic acids is 4. The zero-order chi connectivity index (χ0) is 34.9. The first-order valence-electron chi connectivity index (χ1n) is 15.7. The smallest absolute Gasteiger partial charge is 0.397 e. The van der Waals surface area contributed by atoms with Crippen molar-refractivity contribution in [3.8, 4) is 0 Å². The van der Waals surface area contributed by atoms with Gasteiger partial charge in [0.25, 0.3) is 5.56 Å². The first-order chi connectivity index (χ1) is 23.6. The summed E-state index contributed by atoms with van der Waals surface area (Å²) in [5.41, 5.74) is 9.56. The van der Waals surface area contributed by atoms with Gasteiger partial charge in [0.05, 0.1) is 6.04 Å². The van der Waals surface area contributed by atoms with Gasteiger partial charge in [-0.1, -0.05) is 65.8 Å². The highest BCUT2D eigenvalue weighted by Crippen LogP contribution is 2.30. The van der Waals surface area contributed by atoms with Gasteiger partial charge < -0.3 is 24.4 Å². The molecule has 2 amide bonds. The van der Waals surface area contributed by atoms with Crippen LogP contribution in [0.2, 0.25) is 0 Å². The van der Waals surface area contributed by atoms with Crippen molar-refractivity contribution < 1.29 is 33.4 Å². The van der Waals surface area contributed by atoms with Crippen LogP contribution in [0.1, 0.15) is 42.2 Å². The lowest BCUT2D eigenvalue weighted by Crippen LogP contribution is -2.53. The molecular weight excluding hydrogens is 638 g/mol. The molecule has 16 heteroatoms. The van der Waals surface area contributed by atoms with E-state index in [4.69, 9.17) is 19.7 Å². The van der Waals surface area contributed by atoms with Gasteiger partial charge in [0.1, 0.15) is 37.6 Å². The van der Waals surface area contributed by atoms with Gasteiger partial charge in [-0.2, -0.15) is 0 Å². The first-order valence-corrected chi connectivity index (χ1v) is 15.7. The highest BCUT2D eigenvalue weighted by atomic mass is 16.6. The molecule has 2 saturated heterocycles. The summed E-state index contributed by atoms with van der Waals surface area (Å²) < 4.78 is 17.7. The minimum absolute atomic E-state index is 0.00788. The summed E-state index contributed by atoms with van der Waals surface area (Å²) in [4.78, 5) is 83.0. The molecule has 0 bridgehead atoms. The number of likely N-dealkylation sites (tertiary alicyclic amines) is 1. The quantitative estimate of drug-likeness (QED) is 0.0997. The van der Waals surface area contributed by atoms with Crippen LogP contribution < -0.4 is 16.6 Å². The van der Waals surface area contributed by atoms with Crippen LogP contribution >= 0.6 is 0 Å². The molecule has 0 saturated carbocycles. The fourth-order valence-corrected chi connectivity index (χ4v) is 5.78. The van der Waals surface area contributed by atoms with Gasteiger partial charge in [0, 0.05) is 36.1 Å². The van der Waals surface area contributed by atoms with E-state index in [1.165, 1.54) is 13.1 Å². The molecular formula is C33H35N7O9.